The third-order valence-corrected chi connectivity index (χ3v) is 5.67. The van der Waals surface area contributed by atoms with Crippen LogP contribution in [0.5, 0.6) is 5.75 Å². The highest BCUT2D eigenvalue weighted by molar-refractivity contribution is 6.11. The van der Waals surface area contributed by atoms with Crippen LogP contribution in [0.3, 0.4) is 0 Å². The third-order valence-electron chi connectivity index (χ3n) is 5.67. The van der Waals surface area contributed by atoms with Gasteiger partial charge < -0.3 is 15.7 Å². The summed E-state index contributed by atoms with van der Waals surface area (Å²) in [5, 5.41) is 11.7. The van der Waals surface area contributed by atoms with Crippen molar-refractivity contribution >= 4 is 28.3 Å². The number of nitrogens with two attached hydrogens (primary N) is 1. The highest BCUT2D eigenvalue weighted by Crippen LogP contribution is 2.36. The zero-order valence-corrected chi connectivity index (χ0v) is 18.5. The number of hydrogen-bond donors (Lipinski definition) is 2. The number of phenols is 1. The van der Waals surface area contributed by atoms with Crippen LogP contribution in [-0.4, -0.2) is 23.5 Å². The molecule has 0 aliphatic carbocycles. The normalized spacial score (nSPS) is 11.0. The maximum atomic E-state index is 12.4. The van der Waals surface area contributed by atoms with Crippen LogP contribution in [0.2, 0.25) is 0 Å². The smallest absolute Gasteiger partial charge is 0.252 e. The lowest BCUT2D eigenvalue weighted by Crippen LogP contribution is -2.30. The molecule has 0 aliphatic rings. The standard InChI is InChI=1S/C25H36N2O3/c1-3-4-5-6-7-8-9-10-11-14-17-27(19(2)28)23-18-22(25(26)30)24(29)21-16-13-12-15-20(21)23/h12-13,15-16,18,29H,3-11,14,17H2,1-2H3,(H2,26,30). The van der Waals surface area contributed by atoms with Gasteiger partial charge in [0.15, 0.2) is 0 Å². The first-order valence-corrected chi connectivity index (χ1v) is 11.3. The first kappa shape index (κ1) is 23.7. The molecule has 0 unspecified atom stereocenters. The fourth-order valence-electron chi connectivity index (χ4n) is 3.96. The van der Waals surface area contributed by atoms with Crippen molar-refractivity contribution < 1.29 is 14.7 Å². The number of carbonyl (C=O) groups excluding carboxylic acids is 2. The molecule has 0 fully saturated rings. The Morgan fingerprint density at radius 3 is 1.97 bits per heavy atom. The van der Waals surface area contributed by atoms with Gasteiger partial charge in [0.1, 0.15) is 5.75 Å². The summed E-state index contributed by atoms with van der Waals surface area (Å²) in [7, 11) is 0. The van der Waals surface area contributed by atoms with E-state index in [4.69, 9.17) is 5.73 Å². The van der Waals surface area contributed by atoms with Gasteiger partial charge in [0, 0.05) is 24.2 Å². The van der Waals surface area contributed by atoms with Crippen LogP contribution >= 0.6 is 0 Å². The maximum absolute atomic E-state index is 12.4. The van der Waals surface area contributed by atoms with E-state index in [1.54, 1.807) is 17.0 Å². The molecule has 3 N–H and O–H groups in total. The van der Waals surface area contributed by atoms with Crippen molar-refractivity contribution in [1.29, 1.82) is 0 Å². The summed E-state index contributed by atoms with van der Waals surface area (Å²) in [6.45, 7) is 4.35. The lowest BCUT2D eigenvalue weighted by molar-refractivity contribution is -0.116. The Kier molecular flexibility index (Phi) is 9.65. The molecule has 0 radical (unpaired) electrons. The number of benzene rings is 2. The molecule has 164 valence electrons. The van der Waals surface area contributed by atoms with Crippen LogP contribution in [0.4, 0.5) is 5.69 Å². The van der Waals surface area contributed by atoms with Gasteiger partial charge in [0.2, 0.25) is 5.91 Å². The number of nitrogens with zero attached hydrogens (tertiary/aromatic N) is 1. The highest BCUT2D eigenvalue weighted by Gasteiger charge is 2.20. The van der Waals surface area contributed by atoms with Gasteiger partial charge in [-0.1, -0.05) is 89.0 Å². The minimum atomic E-state index is -0.707. The summed E-state index contributed by atoms with van der Waals surface area (Å²) < 4.78 is 0. The number of primary amides is 1. The molecule has 5 nitrogen and oxygen atoms in total. The molecule has 0 saturated heterocycles. The highest BCUT2D eigenvalue weighted by atomic mass is 16.3. The van der Waals surface area contributed by atoms with Crippen molar-refractivity contribution in [3.05, 3.63) is 35.9 Å². The molecule has 0 bridgehead atoms. The predicted molar refractivity (Wildman–Crippen MR) is 124 cm³/mol. The summed E-state index contributed by atoms with van der Waals surface area (Å²) in [5.74, 6) is -0.927. The second-order valence-electron chi connectivity index (χ2n) is 8.05. The van der Waals surface area contributed by atoms with E-state index < -0.39 is 5.91 Å². The van der Waals surface area contributed by atoms with Gasteiger partial charge in [-0.25, -0.2) is 0 Å². The average molecular weight is 413 g/mol. The Balaban J connectivity index is 2.00. The Hall–Kier alpha value is -2.56. The maximum Gasteiger partial charge on any atom is 0.252 e. The van der Waals surface area contributed by atoms with E-state index in [1.807, 2.05) is 12.1 Å². The molecule has 2 aromatic rings. The van der Waals surface area contributed by atoms with Crippen molar-refractivity contribution in [3.63, 3.8) is 0 Å². The molecule has 0 saturated carbocycles. The van der Waals surface area contributed by atoms with E-state index in [-0.39, 0.29) is 17.2 Å². The van der Waals surface area contributed by atoms with Gasteiger partial charge in [0.25, 0.3) is 5.91 Å². The van der Waals surface area contributed by atoms with Gasteiger partial charge in [-0.05, 0) is 12.5 Å². The van der Waals surface area contributed by atoms with Crippen molar-refractivity contribution in [1.82, 2.24) is 0 Å². The molecule has 5 heteroatoms. The summed E-state index contributed by atoms with van der Waals surface area (Å²) in [6.07, 6.45) is 12.3. The number of rotatable bonds is 13. The third kappa shape index (κ3) is 6.48. The molecule has 0 aliphatic heterocycles. The number of anilines is 1. The average Bonchev–Trinajstić information content (AvgIpc) is 2.72. The Morgan fingerprint density at radius 1 is 0.900 bits per heavy atom. The summed E-state index contributed by atoms with van der Waals surface area (Å²) in [6, 6.07) is 8.77. The minimum absolute atomic E-state index is 0.0398. The SMILES string of the molecule is CCCCCCCCCCCCN(C(C)=O)c1cc(C(N)=O)c(O)c2ccccc12. The fourth-order valence-corrected chi connectivity index (χ4v) is 3.96. The molecule has 2 amide bonds. The quantitative estimate of drug-likeness (QED) is 0.401. The summed E-state index contributed by atoms with van der Waals surface area (Å²) in [4.78, 5) is 25.9. The first-order chi connectivity index (χ1) is 14.5. The van der Waals surface area contributed by atoms with Crippen LogP contribution in [0.15, 0.2) is 30.3 Å². The number of hydrogen-bond acceptors (Lipinski definition) is 3. The molecular formula is C25H36N2O3. The zero-order valence-electron chi connectivity index (χ0n) is 18.5. The number of fused-ring (bicyclic) bond motifs is 1. The fraction of sp³-hybridized carbons (Fsp3) is 0.520. The molecule has 0 heterocycles. The number of unbranched alkanes of at least 4 members (excludes halogenated alkanes) is 9. The predicted octanol–water partition coefficient (Wildman–Crippen LogP) is 5.92. The van der Waals surface area contributed by atoms with Gasteiger partial charge in [0.05, 0.1) is 11.3 Å². The monoisotopic (exact) mass is 412 g/mol. The van der Waals surface area contributed by atoms with Gasteiger partial charge >= 0.3 is 0 Å². The van der Waals surface area contributed by atoms with Crippen LogP contribution in [0.1, 0.15) is 88.4 Å². The van der Waals surface area contributed by atoms with Crippen LogP contribution in [0, 0.1) is 0 Å². The van der Waals surface area contributed by atoms with Crippen molar-refractivity contribution in [3.8, 4) is 5.75 Å². The van der Waals surface area contributed by atoms with Crippen LogP contribution < -0.4 is 10.6 Å². The van der Waals surface area contributed by atoms with Gasteiger partial charge in [-0.15, -0.1) is 0 Å². The van der Waals surface area contributed by atoms with Crippen molar-refractivity contribution in [2.75, 3.05) is 11.4 Å². The zero-order chi connectivity index (χ0) is 21.9. The van der Waals surface area contributed by atoms with Crippen LogP contribution in [-0.2, 0) is 4.79 Å². The molecule has 30 heavy (non-hydrogen) atoms. The first-order valence-electron chi connectivity index (χ1n) is 11.3. The Morgan fingerprint density at radius 2 is 1.43 bits per heavy atom. The second kappa shape index (κ2) is 12.2. The van der Waals surface area contributed by atoms with Gasteiger partial charge in [-0.3, -0.25) is 9.59 Å². The summed E-state index contributed by atoms with van der Waals surface area (Å²) >= 11 is 0. The second-order valence-corrected chi connectivity index (χ2v) is 8.05. The lowest BCUT2D eigenvalue weighted by Gasteiger charge is -2.24. The van der Waals surface area contributed by atoms with Gasteiger partial charge in [-0.2, -0.15) is 0 Å². The largest absolute Gasteiger partial charge is 0.506 e. The number of aromatic hydroxyl groups is 1. The minimum Gasteiger partial charge on any atom is -0.506 e. The van der Waals surface area contributed by atoms with E-state index in [2.05, 4.69) is 6.92 Å². The Labute approximate surface area is 180 Å². The van der Waals surface area contributed by atoms with E-state index in [0.29, 0.717) is 17.6 Å². The van der Waals surface area contributed by atoms with E-state index in [9.17, 15) is 14.7 Å². The molecule has 0 spiro atoms. The van der Waals surface area contributed by atoms with E-state index >= 15 is 0 Å². The van der Waals surface area contributed by atoms with E-state index in [1.165, 1.54) is 64.4 Å². The number of carbonyl (C=O) groups is 2. The molecule has 0 atom stereocenters. The van der Waals surface area contributed by atoms with E-state index in [0.717, 1.165) is 18.2 Å². The molecule has 2 rings (SSSR count). The topological polar surface area (TPSA) is 83.6 Å². The lowest BCUT2D eigenvalue weighted by atomic mass is 10.0. The summed E-state index contributed by atoms with van der Waals surface area (Å²) in [5.41, 5.74) is 6.12. The molecule has 0 aromatic heterocycles. The molecule has 2 aromatic carbocycles. The van der Waals surface area contributed by atoms with Crippen molar-refractivity contribution in [2.45, 2.75) is 78.1 Å². The number of amides is 2. The molecular weight excluding hydrogens is 376 g/mol. The Bertz CT molecular complexity index is 848. The van der Waals surface area contributed by atoms with Crippen molar-refractivity contribution in [2.24, 2.45) is 5.73 Å². The van der Waals surface area contributed by atoms with Crippen LogP contribution in [0.25, 0.3) is 10.8 Å².